The minimum atomic E-state index is 0.0926. The number of likely N-dealkylation sites (N-methyl/N-ethyl adjacent to an activating group) is 1. The van der Waals surface area contributed by atoms with Gasteiger partial charge in [0.25, 0.3) is 0 Å². The van der Waals surface area contributed by atoms with Crippen molar-refractivity contribution in [1.29, 1.82) is 5.26 Å². The van der Waals surface area contributed by atoms with Crippen molar-refractivity contribution in [3.8, 4) is 6.07 Å². The van der Waals surface area contributed by atoms with Gasteiger partial charge in [-0.15, -0.1) is 0 Å². The number of aliphatic hydroxyl groups excluding tert-OH is 1. The number of hydrogen-bond acceptors (Lipinski definition) is 4. The van der Waals surface area contributed by atoms with Crippen LogP contribution in [-0.2, 0) is 6.54 Å². The predicted molar refractivity (Wildman–Crippen MR) is 78.1 cm³/mol. The maximum Gasteiger partial charge on any atom is 0.101 e. The van der Waals surface area contributed by atoms with Crippen molar-refractivity contribution < 1.29 is 5.11 Å². The van der Waals surface area contributed by atoms with E-state index in [-0.39, 0.29) is 6.61 Å². The Morgan fingerprint density at radius 1 is 1.42 bits per heavy atom. The fraction of sp³-hybridized carbons (Fsp3) is 0.533. The molecule has 0 unspecified atom stereocenters. The average molecular weight is 261 g/mol. The number of benzene rings is 1. The Hall–Kier alpha value is -1.57. The smallest absolute Gasteiger partial charge is 0.101 e. The van der Waals surface area contributed by atoms with E-state index in [9.17, 15) is 5.26 Å². The summed E-state index contributed by atoms with van der Waals surface area (Å²) in [6.07, 6.45) is 0. The molecule has 1 aromatic rings. The molecule has 0 spiro atoms. The van der Waals surface area contributed by atoms with Gasteiger partial charge in [0.2, 0.25) is 0 Å². The second-order valence-corrected chi connectivity index (χ2v) is 4.80. The summed E-state index contributed by atoms with van der Waals surface area (Å²) in [5.41, 5.74) is 2.67. The fourth-order valence-electron chi connectivity index (χ4n) is 1.95. The molecule has 0 amide bonds. The highest BCUT2D eigenvalue weighted by Gasteiger charge is 2.10. The third-order valence-electron chi connectivity index (χ3n) is 2.99. The lowest BCUT2D eigenvalue weighted by molar-refractivity contribution is 0.302. The lowest BCUT2D eigenvalue weighted by Crippen LogP contribution is -2.27. The third kappa shape index (κ3) is 4.55. The summed E-state index contributed by atoms with van der Waals surface area (Å²) in [4.78, 5) is 2.01. The zero-order valence-corrected chi connectivity index (χ0v) is 12.0. The summed E-state index contributed by atoms with van der Waals surface area (Å²) in [6.45, 7) is 8.39. The molecule has 19 heavy (non-hydrogen) atoms. The van der Waals surface area contributed by atoms with E-state index < -0.39 is 0 Å². The molecule has 4 nitrogen and oxygen atoms in total. The van der Waals surface area contributed by atoms with Gasteiger partial charge in [-0.25, -0.2) is 0 Å². The summed E-state index contributed by atoms with van der Waals surface area (Å²) >= 11 is 0. The van der Waals surface area contributed by atoms with Gasteiger partial charge in [-0.1, -0.05) is 19.9 Å². The van der Waals surface area contributed by atoms with E-state index in [0.717, 1.165) is 24.3 Å². The first-order valence-electron chi connectivity index (χ1n) is 6.74. The first-order valence-corrected chi connectivity index (χ1v) is 6.74. The van der Waals surface area contributed by atoms with E-state index >= 15 is 0 Å². The second kappa shape index (κ2) is 7.78. The van der Waals surface area contributed by atoms with Crippen molar-refractivity contribution in [2.75, 3.05) is 24.6 Å². The number of nitrogens with zero attached hydrogens (tertiary/aromatic N) is 2. The minimum Gasteiger partial charge on any atom is -0.395 e. The van der Waals surface area contributed by atoms with Crippen LogP contribution in [0.15, 0.2) is 18.2 Å². The largest absolute Gasteiger partial charge is 0.395 e. The maximum absolute atomic E-state index is 9.27. The number of aliphatic hydroxyl groups is 1. The highest BCUT2D eigenvalue weighted by Crippen LogP contribution is 2.21. The molecule has 0 radical (unpaired) electrons. The zero-order valence-electron chi connectivity index (χ0n) is 12.0. The summed E-state index contributed by atoms with van der Waals surface area (Å²) in [5.74, 6) is 0. The third-order valence-corrected chi connectivity index (χ3v) is 2.99. The van der Waals surface area contributed by atoms with E-state index in [1.54, 1.807) is 0 Å². The number of nitriles is 1. The van der Waals surface area contributed by atoms with Crippen molar-refractivity contribution in [2.45, 2.75) is 33.4 Å². The Morgan fingerprint density at radius 2 is 2.16 bits per heavy atom. The lowest BCUT2D eigenvalue weighted by atomic mass is 10.1. The van der Waals surface area contributed by atoms with Crippen LogP contribution >= 0.6 is 0 Å². The highest BCUT2D eigenvalue weighted by molar-refractivity contribution is 5.60. The molecule has 0 saturated heterocycles. The van der Waals surface area contributed by atoms with Gasteiger partial charge < -0.3 is 15.3 Å². The summed E-state index contributed by atoms with van der Waals surface area (Å²) in [7, 11) is 0. The van der Waals surface area contributed by atoms with E-state index in [4.69, 9.17) is 5.11 Å². The summed E-state index contributed by atoms with van der Waals surface area (Å²) in [6, 6.07) is 8.59. The monoisotopic (exact) mass is 261 g/mol. The van der Waals surface area contributed by atoms with Crippen molar-refractivity contribution in [3.63, 3.8) is 0 Å². The van der Waals surface area contributed by atoms with Gasteiger partial charge in [-0.05, 0) is 24.6 Å². The van der Waals surface area contributed by atoms with Crippen LogP contribution in [0.3, 0.4) is 0 Å². The molecule has 0 aromatic heterocycles. The molecule has 0 aliphatic rings. The van der Waals surface area contributed by atoms with Gasteiger partial charge in [0.05, 0.1) is 17.9 Å². The maximum atomic E-state index is 9.27. The van der Waals surface area contributed by atoms with Crippen LogP contribution in [-0.4, -0.2) is 30.8 Å². The van der Waals surface area contributed by atoms with Gasteiger partial charge in [-0.2, -0.15) is 5.26 Å². The van der Waals surface area contributed by atoms with Gasteiger partial charge in [0, 0.05) is 25.7 Å². The zero-order chi connectivity index (χ0) is 14.3. The van der Waals surface area contributed by atoms with Crippen LogP contribution in [0.1, 0.15) is 31.9 Å². The van der Waals surface area contributed by atoms with Gasteiger partial charge in [0.15, 0.2) is 0 Å². The van der Waals surface area contributed by atoms with Crippen LogP contribution in [0, 0.1) is 11.3 Å². The molecule has 0 fully saturated rings. The lowest BCUT2D eigenvalue weighted by Gasteiger charge is -2.23. The summed E-state index contributed by atoms with van der Waals surface area (Å²) < 4.78 is 0. The fourth-order valence-corrected chi connectivity index (χ4v) is 1.95. The molecule has 1 aromatic carbocycles. The molecule has 0 heterocycles. The molecule has 0 saturated carbocycles. The van der Waals surface area contributed by atoms with Crippen LogP contribution in [0.25, 0.3) is 0 Å². The molecular formula is C15H23N3O. The van der Waals surface area contributed by atoms with Gasteiger partial charge in [-0.3, -0.25) is 0 Å². The first kappa shape index (κ1) is 15.5. The first-order chi connectivity index (χ1) is 9.12. The van der Waals surface area contributed by atoms with Crippen molar-refractivity contribution >= 4 is 5.69 Å². The highest BCUT2D eigenvalue weighted by atomic mass is 16.3. The number of anilines is 1. The topological polar surface area (TPSA) is 59.3 Å². The van der Waals surface area contributed by atoms with Crippen LogP contribution in [0.4, 0.5) is 5.69 Å². The molecule has 0 aliphatic carbocycles. The number of rotatable bonds is 7. The van der Waals surface area contributed by atoms with E-state index in [2.05, 4.69) is 25.2 Å². The van der Waals surface area contributed by atoms with Gasteiger partial charge >= 0.3 is 0 Å². The van der Waals surface area contributed by atoms with E-state index in [1.807, 2.05) is 30.0 Å². The molecule has 1 rings (SSSR count). The Bertz CT molecular complexity index is 438. The second-order valence-electron chi connectivity index (χ2n) is 4.80. The molecule has 0 bridgehead atoms. The van der Waals surface area contributed by atoms with E-state index in [0.29, 0.717) is 18.2 Å². The number of hydrogen-bond donors (Lipinski definition) is 2. The SMILES string of the molecule is CCN(CCO)c1ccc(CNC(C)C)cc1C#N. The molecule has 104 valence electrons. The molecule has 0 atom stereocenters. The van der Waals surface area contributed by atoms with Gasteiger partial charge in [0.1, 0.15) is 6.07 Å². The molecular weight excluding hydrogens is 238 g/mol. The van der Waals surface area contributed by atoms with Crippen molar-refractivity contribution in [2.24, 2.45) is 0 Å². The van der Waals surface area contributed by atoms with Crippen molar-refractivity contribution in [3.05, 3.63) is 29.3 Å². The number of nitrogens with one attached hydrogen (secondary N) is 1. The summed E-state index contributed by atoms with van der Waals surface area (Å²) in [5, 5.41) is 21.7. The molecule has 4 heteroatoms. The average Bonchev–Trinajstić information content (AvgIpc) is 2.42. The van der Waals surface area contributed by atoms with Crippen LogP contribution in [0.5, 0.6) is 0 Å². The minimum absolute atomic E-state index is 0.0926. The Balaban J connectivity index is 2.93. The van der Waals surface area contributed by atoms with Crippen LogP contribution in [0.2, 0.25) is 0 Å². The Labute approximate surface area is 115 Å². The molecule has 0 aliphatic heterocycles. The quantitative estimate of drug-likeness (QED) is 0.786. The Kier molecular flexibility index (Phi) is 6.34. The van der Waals surface area contributed by atoms with Crippen LogP contribution < -0.4 is 10.2 Å². The predicted octanol–water partition coefficient (Wildman–Crippen LogP) is 1.87. The normalized spacial score (nSPS) is 10.5. The van der Waals surface area contributed by atoms with Crippen molar-refractivity contribution in [1.82, 2.24) is 5.32 Å². The molecule has 2 N–H and O–H groups in total. The van der Waals surface area contributed by atoms with E-state index in [1.165, 1.54) is 0 Å². The Morgan fingerprint density at radius 3 is 2.68 bits per heavy atom. The standard InChI is InChI=1S/C15H23N3O/c1-4-18(7-8-19)15-6-5-13(9-14(15)10-16)11-17-12(2)3/h5-6,9,12,17,19H,4,7-8,11H2,1-3H3.